The summed E-state index contributed by atoms with van der Waals surface area (Å²) in [4.78, 5) is 0. The van der Waals surface area contributed by atoms with E-state index < -0.39 is 24.1 Å². The van der Waals surface area contributed by atoms with Crippen LogP contribution in [0.3, 0.4) is 0 Å². The molecule has 0 nitrogen and oxygen atoms in total. The Balaban J connectivity index is 0.00000169. The Morgan fingerprint density at radius 3 is 1.64 bits per heavy atom. The van der Waals surface area contributed by atoms with Crippen LogP contribution in [0.25, 0.3) is 0 Å². The zero-order valence-corrected chi connectivity index (χ0v) is 11.7. The van der Waals surface area contributed by atoms with Gasteiger partial charge in [0, 0.05) is 4.47 Å². The largest absolute Gasteiger partial charge is 1.00 e. The van der Waals surface area contributed by atoms with E-state index in [-0.39, 0.29) is 55.9 Å². The summed E-state index contributed by atoms with van der Waals surface area (Å²) in [5.41, 5.74) is -1.80. The average Bonchev–Trinajstić information content (AvgIpc) is 1.78. The van der Waals surface area contributed by atoms with Gasteiger partial charge in [0.05, 0.1) is 0 Å². The van der Waals surface area contributed by atoms with E-state index in [2.05, 4.69) is 15.9 Å². The maximum Gasteiger partial charge on any atom is 1.00 e. The van der Waals surface area contributed by atoms with E-state index in [1.807, 2.05) is 0 Å². The fourth-order valence-electron chi connectivity index (χ4n) is 0.866. The fraction of sp³-hybridized carbons (Fsp3) is 0. The van der Waals surface area contributed by atoms with Crippen molar-refractivity contribution in [3.8, 4) is 0 Å². The maximum absolute atomic E-state index is 12.6. The molecule has 0 spiro atoms. The third-order valence-corrected chi connectivity index (χ3v) is 1.83. The fourth-order valence-corrected chi connectivity index (χ4v) is 1.27. The first kappa shape index (κ1) is 15.1. The second-order valence-corrected chi connectivity index (χ2v) is 3.27. The van der Waals surface area contributed by atoms with Crippen LogP contribution in [0.1, 0.15) is 0 Å². The smallest absolute Gasteiger partial charge is 0.445 e. The first-order valence-electron chi connectivity index (χ1n) is 3.16. The molecule has 0 bridgehead atoms. The van der Waals surface area contributed by atoms with E-state index in [1.165, 1.54) is 0 Å². The van der Waals surface area contributed by atoms with Gasteiger partial charge in [-0.1, -0.05) is 15.9 Å². The van der Waals surface area contributed by atoms with Crippen molar-refractivity contribution in [3.05, 3.63) is 28.2 Å². The summed E-state index contributed by atoms with van der Waals surface area (Å²) in [5.74, 6) is -3.20. The average molecular weight is 299 g/mol. The summed E-state index contributed by atoms with van der Waals surface area (Å²) in [6.07, 6.45) is 0. The van der Waals surface area contributed by atoms with Gasteiger partial charge in [0.2, 0.25) is 0 Å². The molecule has 0 N–H and O–H groups in total. The van der Waals surface area contributed by atoms with Crippen molar-refractivity contribution in [2.45, 2.75) is 0 Å². The third-order valence-electron chi connectivity index (χ3n) is 1.37. The van der Waals surface area contributed by atoms with Crippen molar-refractivity contribution in [3.63, 3.8) is 0 Å². The molecule has 0 atom stereocenters. The molecule has 72 valence electrons. The van der Waals surface area contributed by atoms with Gasteiger partial charge in [0.1, 0.15) is 11.6 Å². The Hall–Kier alpha value is 1.05. The molecule has 0 aliphatic rings. The predicted molar refractivity (Wildman–Crippen MR) is 42.8 cm³/mol. The van der Waals surface area contributed by atoms with Crippen LogP contribution in [0, 0.1) is 11.6 Å². The summed E-state index contributed by atoms with van der Waals surface area (Å²) < 4.78 is 61.2. The van der Waals surface area contributed by atoms with Gasteiger partial charge >= 0.3 is 58.4 Å². The quantitative estimate of drug-likeness (QED) is 0.497. The Kier molecular flexibility index (Phi) is 5.81. The zero-order chi connectivity index (χ0) is 10.2. The Morgan fingerprint density at radius 1 is 1.00 bits per heavy atom. The number of benzene rings is 1. The van der Waals surface area contributed by atoms with Gasteiger partial charge in [-0.3, -0.25) is 0 Å². The normalized spacial score (nSPS) is 11.0. The topological polar surface area (TPSA) is 0 Å². The second-order valence-electron chi connectivity index (χ2n) is 2.36. The van der Waals surface area contributed by atoms with Gasteiger partial charge in [-0.15, -0.1) is 0 Å². The molecule has 8 heteroatoms. The van der Waals surface area contributed by atoms with Crippen LogP contribution in [0.5, 0.6) is 0 Å². The zero-order valence-electron chi connectivity index (χ0n) is 7.00. The van der Waals surface area contributed by atoms with E-state index in [0.29, 0.717) is 12.1 Å². The van der Waals surface area contributed by atoms with Crippen LogP contribution in [-0.2, 0) is 0 Å². The van der Waals surface area contributed by atoms with Crippen molar-refractivity contribution in [1.82, 2.24) is 0 Å². The Morgan fingerprint density at radius 2 is 1.36 bits per heavy atom. The third kappa shape index (κ3) is 3.57. The molecule has 0 aromatic heterocycles. The summed E-state index contributed by atoms with van der Waals surface area (Å²) in [7, 11) is 0. The molecular formula is C6H2BBrF5K. The SMILES string of the molecule is Fc1cc(Br)cc(F)c1[B-](F)(F)F.[K+]. The van der Waals surface area contributed by atoms with E-state index in [4.69, 9.17) is 0 Å². The Labute approximate surface area is 128 Å². The van der Waals surface area contributed by atoms with Gasteiger partial charge in [0.25, 0.3) is 0 Å². The van der Waals surface area contributed by atoms with Crippen LogP contribution in [0.15, 0.2) is 16.6 Å². The van der Waals surface area contributed by atoms with Crippen molar-refractivity contribution in [2.75, 3.05) is 0 Å². The van der Waals surface area contributed by atoms with E-state index in [9.17, 15) is 21.7 Å². The van der Waals surface area contributed by atoms with Crippen LogP contribution >= 0.6 is 15.9 Å². The molecule has 0 fully saturated rings. The minimum absolute atomic E-state index is 0. The van der Waals surface area contributed by atoms with Crippen LogP contribution in [-0.4, -0.2) is 6.98 Å². The molecule has 0 saturated heterocycles. The maximum atomic E-state index is 12.6. The monoisotopic (exact) mass is 298 g/mol. The molecule has 1 aromatic carbocycles. The second kappa shape index (κ2) is 5.40. The first-order valence-corrected chi connectivity index (χ1v) is 3.96. The molecule has 0 heterocycles. The van der Waals surface area contributed by atoms with E-state index in [1.54, 1.807) is 0 Å². The molecule has 1 aromatic rings. The molecule has 0 aliphatic heterocycles. The van der Waals surface area contributed by atoms with Crippen molar-refractivity contribution < 1.29 is 73.1 Å². The van der Waals surface area contributed by atoms with Crippen LogP contribution in [0.4, 0.5) is 21.7 Å². The molecule has 1 rings (SSSR count). The summed E-state index contributed by atoms with van der Waals surface area (Å²) in [6.45, 7) is -5.64. The van der Waals surface area contributed by atoms with Gasteiger partial charge in [-0.05, 0) is 17.6 Å². The molecule has 0 aliphatic carbocycles. The van der Waals surface area contributed by atoms with Crippen molar-refractivity contribution in [2.24, 2.45) is 0 Å². The van der Waals surface area contributed by atoms with Crippen molar-refractivity contribution in [1.29, 1.82) is 0 Å². The molecule has 0 radical (unpaired) electrons. The van der Waals surface area contributed by atoms with Crippen LogP contribution < -0.4 is 56.8 Å². The minimum Gasteiger partial charge on any atom is -0.445 e. The van der Waals surface area contributed by atoms with Gasteiger partial charge in [-0.2, -0.15) is 0 Å². The molecule has 0 unspecified atom stereocenters. The first-order chi connectivity index (χ1) is 5.82. The molecule has 0 amide bonds. The number of halogens is 6. The van der Waals surface area contributed by atoms with E-state index >= 15 is 0 Å². The standard InChI is InChI=1S/C6H2BBrF5.K/c8-3-1-4(9)6(5(10)2-3)7(11,12)13;/h1-2H;/q-1;+1. The molecule has 0 saturated carbocycles. The molecule has 14 heavy (non-hydrogen) atoms. The molecular weight excluding hydrogens is 297 g/mol. The van der Waals surface area contributed by atoms with Gasteiger partial charge in [-0.25, -0.2) is 8.78 Å². The van der Waals surface area contributed by atoms with Crippen LogP contribution in [0.2, 0.25) is 0 Å². The van der Waals surface area contributed by atoms with Gasteiger partial charge in [0.15, 0.2) is 0 Å². The van der Waals surface area contributed by atoms with Gasteiger partial charge < -0.3 is 12.9 Å². The summed E-state index contributed by atoms with van der Waals surface area (Å²) in [5, 5.41) is 0. The number of hydrogen-bond donors (Lipinski definition) is 0. The van der Waals surface area contributed by atoms with Crippen molar-refractivity contribution >= 4 is 28.4 Å². The predicted octanol–water partition coefficient (Wildman–Crippen LogP) is -0.214. The van der Waals surface area contributed by atoms with E-state index in [0.717, 1.165) is 0 Å². The Bertz CT molecular complexity index is 316. The number of hydrogen-bond acceptors (Lipinski definition) is 0. The number of rotatable bonds is 1. The minimum atomic E-state index is -5.64. The summed E-state index contributed by atoms with van der Waals surface area (Å²) >= 11 is 2.67. The summed E-state index contributed by atoms with van der Waals surface area (Å²) in [6, 6.07) is 1.15.